The van der Waals surface area contributed by atoms with E-state index >= 15 is 0 Å². The van der Waals surface area contributed by atoms with Gasteiger partial charge in [0.05, 0.1) is 4.47 Å². The number of rotatable bonds is 2. The second-order valence-electron chi connectivity index (χ2n) is 3.50. The number of Topliss-reactive ketones (excluding diaryl/α,β-unsaturated/α-hetero) is 1. The predicted molar refractivity (Wildman–Crippen MR) is 53.3 cm³/mol. The fourth-order valence-electron chi connectivity index (χ4n) is 1.59. The molecule has 1 aromatic rings. The molecule has 1 aliphatic rings. The maximum atomic E-state index is 11.1. The standard InChI is InChI=1S/C9H7BrN2O3/c10-5-3-11-7(12-4-5)9(8(14)15)1-6(13)2-9/h3-4H,1-2H2,(H,14,15). The van der Waals surface area contributed by atoms with Crippen molar-refractivity contribution in [3.8, 4) is 0 Å². The Hall–Kier alpha value is -1.30. The Kier molecular flexibility index (Phi) is 2.30. The van der Waals surface area contributed by atoms with Gasteiger partial charge in [-0.3, -0.25) is 9.59 Å². The first-order chi connectivity index (χ1) is 7.04. The number of carboxylic acids is 1. The van der Waals surface area contributed by atoms with Crippen LogP contribution in [-0.2, 0) is 15.0 Å². The Morgan fingerprint density at radius 2 is 1.93 bits per heavy atom. The van der Waals surface area contributed by atoms with Crippen molar-refractivity contribution in [2.45, 2.75) is 18.3 Å². The Labute approximate surface area is 93.7 Å². The fourth-order valence-corrected chi connectivity index (χ4v) is 1.79. The van der Waals surface area contributed by atoms with Crippen molar-refractivity contribution < 1.29 is 14.7 Å². The number of aliphatic carboxylic acids is 1. The van der Waals surface area contributed by atoms with E-state index in [1.165, 1.54) is 12.4 Å². The van der Waals surface area contributed by atoms with E-state index in [-0.39, 0.29) is 24.4 Å². The van der Waals surface area contributed by atoms with Gasteiger partial charge in [0, 0.05) is 25.2 Å². The minimum Gasteiger partial charge on any atom is -0.480 e. The van der Waals surface area contributed by atoms with Crippen LogP contribution in [0.4, 0.5) is 0 Å². The van der Waals surface area contributed by atoms with Crippen LogP contribution in [0, 0.1) is 0 Å². The number of ketones is 1. The average Bonchev–Trinajstić information content (AvgIpc) is 2.13. The summed E-state index contributed by atoms with van der Waals surface area (Å²) in [5.41, 5.74) is -1.20. The van der Waals surface area contributed by atoms with Crippen molar-refractivity contribution in [2.24, 2.45) is 0 Å². The predicted octanol–water partition coefficient (Wildman–Crippen LogP) is 0.924. The van der Waals surface area contributed by atoms with Crippen molar-refractivity contribution in [3.05, 3.63) is 22.7 Å². The van der Waals surface area contributed by atoms with Gasteiger partial charge in [-0.05, 0) is 15.9 Å². The molecule has 15 heavy (non-hydrogen) atoms. The van der Waals surface area contributed by atoms with Crippen molar-refractivity contribution in [2.75, 3.05) is 0 Å². The lowest BCUT2D eigenvalue weighted by Crippen LogP contribution is -2.49. The Morgan fingerprint density at radius 3 is 2.33 bits per heavy atom. The quantitative estimate of drug-likeness (QED) is 0.865. The first-order valence-corrected chi connectivity index (χ1v) is 5.07. The summed E-state index contributed by atoms with van der Waals surface area (Å²) in [7, 11) is 0. The molecule has 0 atom stereocenters. The van der Waals surface area contributed by atoms with Gasteiger partial charge in [0.25, 0.3) is 0 Å². The summed E-state index contributed by atoms with van der Waals surface area (Å²) < 4.78 is 0.678. The number of carboxylic acid groups (broad SMARTS) is 1. The number of hydrogen-bond acceptors (Lipinski definition) is 4. The van der Waals surface area contributed by atoms with E-state index in [2.05, 4.69) is 25.9 Å². The zero-order valence-electron chi connectivity index (χ0n) is 7.61. The molecule has 0 unspecified atom stereocenters. The number of hydrogen-bond donors (Lipinski definition) is 1. The molecule has 0 spiro atoms. The molecule has 1 N–H and O–H groups in total. The van der Waals surface area contributed by atoms with Gasteiger partial charge >= 0.3 is 5.97 Å². The molecular formula is C9H7BrN2O3. The SMILES string of the molecule is O=C1CC(C(=O)O)(c2ncc(Br)cn2)C1. The molecule has 1 fully saturated rings. The number of carbonyl (C=O) groups is 2. The van der Waals surface area contributed by atoms with Gasteiger partial charge in [0.15, 0.2) is 0 Å². The fraction of sp³-hybridized carbons (Fsp3) is 0.333. The first-order valence-electron chi connectivity index (χ1n) is 4.28. The van der Waals surface area contributed by atoms with Gasteiger partial charge in [0.1, 0.15) is 17.0 Å². The van der Waals surface area contributed by atoms with Gasteiger partial charge in [-0.2, -0.15) is 0 Å². The molecule has 0 aromatic carbocycles. The summed E-state index contributed by atoms with van der Waals surface area (Å²) in [5, 5.41) is 9.08. The number of aromatic nitrogens is 2. The molecule has 1 aromatic heterocycles. The molecule has 78 valence electrons. The third kappa shape index (κ3) is 1.54. The van der Waals surface area contributed by atoms with E-state index < -0.39 is 11.4 Å². The van der Waals surface area contributed by atoms with Crippen LogP contribution in [0.25, 0.3) is 0 Å². The average molecular weight is 271 g/mol. The second kappa shape index (κ2) is 3.37. The molecule has 0 bridgehead atoms. The minimum absolute atomic E-state index is 0.00995. The number of halogens is 1. The molecule has 0 aliphatic heterocycles. The summed E-state index contributed by atoms with van der Waals surface area (Å²) in [5.74, 6) is -0.897. The summed E-state index contributed by atoms with van der Waals surface area (Å²) in [6, 6.07) is 0. The smallest absolute Gasteiger partial charge is 0.318 e. The van der Waals surface area contributed by atoms with Crippen molar-refractivity contribution >= 4 is 27.7 Å². The zero-order chi connectivity index (χ0) is 11.1. The third-order valence-electron chi connectivity index (χ3n) is 2.46. The van der Waals surface area contributed by atoms with Crippen LogP contribution in [0.2, 0.25) is 0 Å². The van der Waals surface area contributed by atoms with Crippen LogP contribution < -0.4 is 0 Å². The second-order valence-corrected chi connectivity index (χ2v) is 4.42. The van der Waals surface area contributed by atoms with Gasteiger partial charge in [-0.15, -0.1) is 0 Å². The van der Waals surface area contributed by atoms with E-state index in [1.807, 2.05) is 0 Å². The summed E-state index contributed by atoms with van der Waals surface area (Å²) >= 11 is 3.16. The summed E-state index contributed by atoms with van der Waals surface area (Å²) in [6.07, 6.45) is 2.94. The maximum Gasteiger partial charge on any atom is 0.318 e. The monoisotopic (exact) mass is 270 g/mol. The molecule has 0 radical (unpaired) electrons. The Bertz CT molecular complexity index is 421. The lowest BCUT2D eigenvalue weighted by Gasteiger charge is -2.34. The highest BCUT2D eigenvalue weighted by Crippen LogP contribution is 2.39. The molecule has 1 aliphatic carbocycles. The largest absolute Gasteiger partial charge is 0.480 e. The van der Waals surface area contributed by atoms with E-state index in [0.29, 0.717) is 4.47 Å². The zero-order valence-corrected chi connectivity index (χ0v) is 9.19. The normalized spacial score (nSPS) is 18.3. The molecule has 1 saturated carbocycles. The topological polar surface area (TPSA) is 80.2 Å². The van der Waals surface area contributed by atoms with E-state index in [4.69, 9.17) is 5.11 Å². The first kappa shape index (κ1) is 10.2. The highest BCUT2D eigenvalue weighted by molar-refractivity contribution is 9.10. The Morgan fingerprint density at radius 1 is 1.40 bits per heavy atom. The molecule has 6 heteroatoms. The third-order valence-corrected chi connectivity index (χ3v) is 2.87. The lowest BCUT2D eigenvalue weighted by atomic mass is 9.67. The minimum atomic E-state index is -1.20. The van der Waals surface area contributed by atoms with Crippen molar-refractivity contribution in [1.29, 1.82) is 0 Å². The van der Waals surface area contributed by atoms with Gasteiger partial charge in [-0.1, -0.05) is 0 Å². The highest BCUT2D eigenvalue weighted by Gasteiger charge is 2.53. The molecule has 0 saturated heterocycles. The van der Waals surface area contributed by atoms with Crippen LogP contribution in [0.15, 0.2) is 16.9 Å². The molecular weight excluding hydrogens is 264 g/mol. The van der Waals surface area contributed by atoms with E-state index in [9.17, 15) is 9.59 Å². The van der Waals surface area contributed by atoms with Crippen molar-refractivity contribution in [3.63, 3.8) is 0 Å². The van der Waals surface area contributed by atoms with Crippen LogP contribution in [0.3, 0.4) is 0 Å². The lowest BCUT2D eigenvalue weighted by molar-refractivity contribution is -0.153. The number of nitrogens with zero attached hydrogens (tertiary/aromatic N) is 2. The van der Waals surface area contributed by atoms with Crippen LogP contribution >= 0.6 is 15.9 Å². The van der Waals surface area contributed by atoms with E-state index in [1.54, 1.807) is 0 Å². The van der Waals surface area contributed by atoms with E-state index in [0.717, 1.165) is 0 Å². The van der Waals surface area contributed by atoms with Gasteiger partial charge in [-0.25, -0.2) is 9.97 Å². The molecule has 0 amide bonds. The van der Waals surface area contributed by atoms with Gasteiger partial charge < -0.3 is 5.11 Å². The summed E-state index contributed by atoms with van der Waals surface area (Å²) in [6.45, 7) is 0. The van der Waals surface area contributed by atoms with Gasteiger partial charge in [0.2, 0.25) is 0 Å². The van der Waals surface area contributed by atoms with Crippen LogP contribution in [-0.4, -0.2) is 26.8 Å². The summed E-state index contributed by atoms with van der Waals surface area (Å²) in [4.78, 5) is 29.9. The van der Waals surface area contributed by atoms with Crippen molar-refractivity contribution in [1.82, 2.24) is 9.97 Å². The number of carbonyl (C=O) groups excluding carboxylic acids is 1. The Balaban J connectivity index is 2.38. The molecule has 2 rings (SSSR count). The maximum absolute atomic E-state index is 11.1. The van der Waals surface area contributed by atoms with Crippen LogP contribution in [0.1, 0.15) is 18.7 Å². The highest BCUT2D eigenvalue weighted by atomic mass is 79.9. The molecule has 1 heterocycles. The van der Waals surface area contributed by atoms with Crippen LogP contribution in [0.5, 0.6) is 0 Å². The molecule has 5 nitrogen and oxygen atoms in total.